The predicted molar refractivity (Wildman–Crippen MR) is 63.9 cm³/mol. The molecule has 0 unspecified atom stereocenters. The van der Waals surface area contributed by atoms with Gasteiger partial charge < -0.3 is 10.4 Å². The van der Waals surface area contributed by atoms with Gasteiger partial charge in [0.25, 0.3) is 0 Å². The Labute approximate surface area is 95.3 Å². The van der Waals surface area contributed by atoms with E-state index in [0.717, 1.165) is 5.69 Å². The first-order valence-corrected chi connectivity index (χ1v) is 5.26. The molecule has 1 rings (SSSR count). The number of anilines is 2. The Hall–Kier alpha value is -1.40. The molecular formula is C10H19N5O. The van der Waals surface area contributed by atoms with Crippen LogP contribution in [0.15, 0.2) is 6.07 Å². The number of nitrogens with zero attached hydrogens (tertiary/aromatic N) is 2. The zero-order chi connectivity index (χ0) is 12.1. The number of nitrogens with one attached hydrogen (secondary N) is 2. The average molecular weight is 225 g/mol. The van der Waals surface area contributed by atoms with Crippen LogP contribution in [0.4, 0.5) is 11.8 Å². The molecule has 0 amide bonds. The van der Waals surface area contributed by atoms with Gasteiger partial charge in [0.1, 0.15) is 5.82 Å². The minimum absolute atomic E-state index is 0.0278. The van der Waals surface area contributed by atoms with Gasteiger partial charge in [-0.3, -0.25) is 5.43 Å². The molecule has 90 valence electrons. The summed E-state index contributed by atoms with van der Waals surface area (Å²) in [5.74, 6) is 6.60. The highest BCUT2D eigenvalue weighted by atomic mass is 16.3. The number of aliphatic hydroxyl groups excluding tert-OH is 1. The standard InChI is InChI=1S/C10H19N5O/c1-6(2)8(5-16)13-9-4-7(3)12-10(14-9)15-11/h4,6,8,16H,5,11H2,1-3H3,(H2,12,13,14,15)/t8-/m1/s1. The molecular weight excluding hydrogens is 206 g/mol. The summed E-state index contributed by atoms with van der Waals surface area (Å²) in [6.45, 7) is 5.98. The molecule has 16 heavy (non-hydrogen) atoms. The summed E-state index contributed by atoms with van der Waals surface area (Å²) in [6, 6.07) is 1.78. The van der Waals surface area contributed by atoms with Crippen molar-refractivity contribution < 1.29 is 5.11 Å². The lowest BCUT2D eigenvalue weighted by Crippen LogP contribution is -2.30. The van der Waals surface area contributed by atoms with Gasteiger partial charge in [0.15, 0.2) is 0 Å². The van der Waals surface area contributed by atoms with E-state index in [1.807, 2.05) is 26.8 Å². The zero-order valence-corrected chi connectivity index (χ0v) is 9.86. The summed E-state index contributed by atoms with van der Waals surface area (Å²) in [7, 11) is 0. The first-order valence-electron chi connectivity index (χ1n) is 5.26. The van der Waals surface area contributed by atoms with Crippen LogP contribution in [-0.4, -0.2) is 27.7 Å². The average Bonchev–Trinajstić information content (AvgIpc) is 2.24. The van der Waals surface area contributed by atoms with Crippen LogP contribution >= 0.6 is 0 Å². The minimum Gasteiger partial charge on any atom is -0.394 e. The van der Waals surface area contributed by atoms with E-state index in [4.69, 9.17) is 5.84 Å². The number of nitrogen functional groups attached to an aromatic ring is 1. The largest absolute Gasteiger partial charge is 0.394 e. The lowest BCUT2D eigenvalue weighted by Gasteiger charge is -2.20. The zero-order valence-electron chi connectivity index (χ0n) is 9.86. The maximum atomic E-state index is 9.21. The van der Waals surface area contributed by atoms with Crippen LogP contribution in [0, 0.1) is 12.8 Å². The molecule has 0 aliphatic heterocycles. The molecule has 0 aliphatic rings. The topological polar surface area (TPSA) is 96.1 Å². The molecule has 5 N–H and O–H groups in total. The minimum atomic E-state index is -0.0278. The maximum Gasteiger partial charge on any atom is 0.239 e. The summed E-state index contributed by atoms with van der Waals surface area (Å²) in [6.07, 6.45) is 0. The van der Waals surface area contributed by atoms with Crippen molar-refractivity contribution in [2.75, 3.05) is 17.3 Å². The van der Waals surface area contributed by atoms with Crippen molar-refractivity contribution >= 4 is 11.8 Å². The smallest absolute Gasteiger partial charge is 0.239 e. The van der Waals surface area contributed by atoms with Gasteiger partial charge in [-0.1, -0.05) is 13.8 Å². The van der Waals surface area contributed by atoms with Crippen molar-refractivity contribution in [2.45, 2.75) is 26.8 Å². The number of hydrazine groups is 1. The van der Waals surface area contributed by atoms with Crippen LogP contribution < -0.4 is 16.6 Å². The summed E-state index contributed by atoms with van der Waals surface area (Å²) < 4.78 is 0. The number of aliphatic hydroxyl groups is 1. The summed E-state index contributed by atoms with van der Waals surface area (Å²) in [4.78, 5) is 8.23. The second-order valence-electron chi connectivity index (χ2n) is 4.04. The Morgan fingerprint density at radius 2 is 2.12 bits per heavy atom. The Morgan fingerprint density at radius 3 is 2.62 bits per heavy atom. The third-order valence-electron chi connectivity index (χ3n) is 2.32. The molecule has 1 heterocycles. The van der Waals surface area contributed by atoms with Gasteiger partial charge in [0.05, 0.1) is 12.6 Å². The highest BCUT2D eigenvalue weighted by Gasteiger charge is 2.13. The predicted octanol–water partition coefficient (Wildman–Crippen LogP) is 0.499. The number of hydrogen-bond donors (Lipinski definition) is 4. The van der Waals surface area contributed by atoms with Gasteiger partial charge in [0, 0.05) is 11.8 Å². The lowest BCUT2D eigenvalue weighted by atomic mass is 10.1. The Kier molecular flexibility index (Phi) is 4.45. The van der Waals surface area contributed by atoms with E-state index in [1.54, 1.807) is 0 Å². The van der Waals surface area contributed by atoms with Crippen molar-refractivity contribution in [3.63, 3.8) is 0 Å². The summed E-state index contributed by atoms with van der Waals surface area (Å²) >= 11 is 0. The van der Waals surface area contributed by atoms with Crippen molar-refractivity contribution in [2.24, 2.45) is 11.8 Å². The molecule has 0 aliphatic carbocycles. The van der Waals surface area contributed by atoms with Gasteiger partial charge in [-0.15, -0.1) is 0 Å². The quantitative estimate of drug-likeness (QED) is 0.430. The molecule has 1 aromatic heterocycles. The molecule has 6 nitrogen and oxygen atoms in total. The fourth-order valence-electron chi connectivity index (χ4n) is 1.32. The van der Waals surface area contributed by atoms with E-state index in [9.17, 15) is 5.11 Å². The van der Waals surface area contributed by atoms with Crippen molar-refractivity contribution in [1.29, 1.82) is 0 Å². The SMILES string of the molecule is Cc1cc(N[C@H](CO)C(C)C)nc(NN)n1. The van der Waals surface area contributed by atoms with Crippen LogP contribution in [0.2, 0.25) is 0 Å². The molecule has 0 fully saturated rings. The van der Waals surface area contributed by atoms with Crippen LogP contribution in [0.3, 0.4) is 0 Å². The second kappa shape index (κ2) is 5.62. The third-order valence-corrected chi connectivity index (χ3v) is 2.32. The van der Waals surface area contributed by atoms with E-state index in [2.05, 4.69) is 20.7 Å². The molecule has 1 aromatic rings. The van der Waals surface area contributed by atoms with E-state index in [-0.39, 0.29) is 12.6 Å². The highest BCUT2D eigenvalue weighted by molar-refractivity contribution is 5.42. The van der Waals surface area contributed by atoms with Crippen LogP contribution in [-0.2, 0) is 0 Å². The maximum absolute atomic E-state index is 9.21. The highest BCUT2D eigenvalue weighted by Crippen LogP contribution is 2.13. The molecule has 6 heteroatoms. The summed E-state index contributed by atoms with van der Waals surface area (Å²) in [5, 5.41) is 12.4. The van der Waals surface area contributed by atoms with Crippen molar-refractivity contribution in [1.82, 2.24) is 9.97 Å². The van der Waals surface area contributed by atoms with E-state index >= 15 is 0 Å². The van der Waals surface area contributed by atoms with Gasteiger partial charge in [-0.05, 0) is 12.8 Å². The molecule has 1 atom stereocenters. The molecule has 0 saturated carbocycles. The van der Waals surface area contributed by atoms with Gasteiger partial charge in [-0.25, -0.2) is 10.8 Å². The molecule has 0 spiro atoms. The Morgan fingerprint density at radius 1 is 1.44 bits per heavy atom. The monoisotopic (exact) mass is 225 g/mol. The number of hydrogen-bond acceptors (Lipinski definition) is 6. The number of rotatable bonds is 5. The van der Waals surface area contributed by atoms with Crippen molar-refractivity contribution in [3.05, 3.63) is 11.8 Å². The number of aromatic nitrogens is 2. The molecule has 0 bridgehead atoms. The first-order chi connectivity index (χ1) is 7.56. The van der Waals surface area contributed by atoms with Gasteiger partial charge >= 0.3 is 0 Å². The van der Waals surface area contributed by atoms with Gasteiger partial charge in [-0.2, -0.15) is 4.98 Å². The van der Waals surface area contributed by atoms with Crippen LogP contribution in [0.25, 0.3) is 0 Å². The summed E-state index contributed by atoms with van der Waals surface area (Å²) in [5.41, 5.74) is 3.21. The van der Waals surface area contributed by atoms with Crippen molar-refractivity contribution in [3.8, 4) is 0 Å². The third kappa shape index (κ3) is 3.32. The first kappa shape index (κ1) is 12.7. The van der Waals surface area contributed by atoms with Crippen LogP contribution in [0.5, 0.6) is 0 Å². The Bertz CT molecular complexity index is 342. The fraction of sp³-hybridized carbons (Fsp3) is 0.600. The van der Waals surface area contributed by atoms with E-state index in [0.29, 0.717) is 17.7 Å². The number of aryl methyl sites for hydroxylation is 1. The van der Waals surface area contributed by atoms with E-state index in [1.165, 1.54) is 0 Å². The number of nitrogens with two attached hydrogens (primary N) is 1. The fourth-order valence-corrected chi connectivity index (χ4v) is 1.32. The molecule has 0 radical (unpaired) electrons. The normalized spacial score (nSPS) is 12.6. The lowest BCUT2D eigenvalue weighted by molar-refractivity contribution is 0.249. The van der Waals surface area contributed by atoms with Crippen LogP contribution in [0.1, 0.15) is 19.5 Å². The van der Waals surface area contributed by atoms with E-state index < -0.39 is 0 Å². The molecule has 0 saturated heterocycles. The van der Waals surface area contributed by atoms with Gasteiger partial charge in [0.2, 0.25) is 5.95 Å². The molecule has 0 aromatic carbocycles. The second-order valence-corrected chi connectivity index (χ2v) is 4.04. The Balaban J connectivity index is 2.83.